The molecule has 0 N–H and O–H groups in total. The maximum Gasteiger partial charge on any atom is 0.269 e. The average molecular weight is 747 g/mol. The van der Waals surface area contributed by atoms with Crippen molar-refractivity contribution < 1.29 is 22.4 Å². The number of sulfonamides is 1. The van der Waals surface area contributed by atoms with Crippen LogP contribution in [-0.2, 0) is 46.1 Å². The van der Waals surface area contributed by atoms with E-state index in [0.29, 0.717) is 36.6 Å². The highest BCUT2D eigenvalue weighted by molar-refractivity contribution is 7.93. The Labute approximate surface area is 316 Å². The maximum absolute atomic E-state index is 14.4. The van der Waals surface area contributed by atoms with Gasteiger partial charge in [0.2, 0.25) is 5.88 Å². The van der Waals surface area contributed by atoms with Crippen LogP contribution < -0.4 is 4.31 Å². The van der Waals surface area contributed by atoms with Crippen molar-refractivity contribution in [2.45, 2.75) is 65.5 Å². The molecule has 0 spiro atoms. The van der Waals surface area contributed by atoms with Crippen LogP contribution in [0.4, 0.5) is 5.88 Å². The Morgan fingerprint density at radius 1 is 0.889 bits per heavy atom. The van der Waals surface area contributed by atoms with Gasteiger partial charge in [-0.2, -0.15) is 0 Å². The third kappa shape index (κ3) is 6.69. The summed E-state index contributed by atoms with van der Waals surface area (Å²) in [6, 6.07) is 25.7. The van der Waals surface area contributed by atoms with Crippen LogP contribution in [0.5, 0.6) is 0 Å². The number of imidazole rings is 2. The third-order valence-corrected chi connectivity index (χ3v) is 11.7. The van der Waals surface area contributed by atoms with Gasteiger partial charge in [-0.05, 0) is 86.7 Å². The van der Waals surface area contributed by atoms with E-state index in [1.807, 2.05) is 43.3 Å². The molecule has 3 aromatic heterocycles. The topological polar surface area (TPSA) is 118 Å². The lowest BCUT2D eigenvalue weighted by atomic mass is 9.97. The Balaban J connectivity index is 1.32. The highest BCUT2D eigenvalue weighted by atomic mass is 32.2. The Hall–Kier alpha value is -5.30. The van der Waals surface area contributed by atoms with Crippen LogP contribution in [0.1, 0.15) is 54.0 Å². The van der Waals surface area contributed by atoms with Crippen LogP contribution in [0.2, 0.25) is 0 Å². The summed E-state index contributed by atoms with van der Waals surface area (Å²) in [6.45, 7) is 10.9. The fraction of sp³-hybridized carbons (Fsp3) is 0.310. The number of fused-ring (bicyclic) bond motifs is 2. The SMILES string of the molecule is CCCc1nc2c(C)cc(-c3nc4ccccc4n3C)cc2n1Cc1ccc(-c2ccccc2S(=O)(=O)N(COC)c2onc(C)c2C)c(COCC)c1. The Kier molecular flexibility index (Phi) is 10.4. The molecule has 280 valence electrons. The lowest BCUT2D eigenvalue weighted by Gasteiger charge is -2.23. The zero-order valence-corrected chi connectivity index (χ0v) is 32.7. The monoisotopic (exact) mass is 746 g/mol. The van der Waals surface area contributed by atoms with E-state index in [1.54, 1.807) is 26.0 Å². The zero-order valence-electron chi connectivity index (χ0n) is 31.9. The molecule has 7 aromatic rings. The number of anilines is 1. The minimum Gasteiger partial charge on any atom is -0.377 e. The van der Waals surface area contributed by atoms with Crippen molar-refractivity contribution in [2.24, 2.45) is 7.05 Å². The number of nitrogens with zero attached hydrogens (tertiary/aromatic N) is 6. The van der Waals surface area contributed by atoms with E-state index < -0.39 is 10.0 Å². The van der Waals surface area contributed by atoms with Gasteiger partial charge in [0.15, 0.2) is 0 Å². The highest BCUT2D eigenvalue weighted by Gasteiger charge is 2.32. The molecule has 12 heteroatoms. The minimum atomic E-state index is -4.16. The van der Waals surface area contributed by atoms with Crippen molar-refractivity contribution in [3.8, 4) is 22.5 Å². The number of benzene rings is 4. The van der Waals surface area contributed by atoms with E-state index in [0.717, 1.165) is 78.7 Å². The lowest BCUT2D eigenvalue weighted by Crippen LogP contribution is -2.33. The van der Waals surface area contributed by atoms with Gasteiger partial charge in [0, 0.05) is 50.4 Å². The second kappa shape index (κ2) is 15.2. The summed E-state index contributed by atoms with van der Waals surface area (Å²) in [7, 11) is -0.653. The minimum absolute atomic E-state index is 0.122. The smallest absolute Gasteiger partial charge is 0.269 e. The number of aromatic nitrogens is 5. The maximum atomic E-state index is 14.4. The third-order valence-electron chi connectivity index (χ3n) is 9.97. The van der Waals surface area contributed by atoms with Gasteiger partial charge < -0.3 is 23.1 Å². The van der Waals surface area contributed by atoms with Gasteiger partial charge in [-0.3, -0.25) is 0 Å². The number of hydrogen-bond acceptors (Lipinski definition) is 8. The van der Waals surface area contributed by atoms with Crippen LogP contribution in [0.3, 0.4) is 0 Å². The van der Waals surface area contributed by atoms with Crippen molar-refractivity contribution in [2.75, 3.05) is 24.8 Å². The second-order valence-electron chi connectivity index (χ2n) is 13.6. The van der Waals surface area contributed by atoms with E-state index in [2.05, 4.69) is 65.5 Å². The van der Waals surface area contributed by atoms with Crippen LogP contribution >= 0.6 is 0 Å². The molecule has 0 aliphatic carbocycles. The molecule has 0 radical (unpaired) electrons. The molecule has 3 heterocycles. The number of methoxy groups -OCH3 is 1. The number of aryl methyl sites for hydroxylation is 4. The molecule has 0 fully saturated rings. The molecule has 0 bridgehead atoms. The molecular weight excluding hydrogens is 701 g/mol. The van der Waals surface area contributed by atoms with Crippen LogP contribution in [0.25, 0.3) is 44.6 Å². The summed E-state index contributed by atoms with van der Waals surface area (Å²) >= 11 is 0. The van der Waals surface area contributed by atoms with Crippen molar-refractivity contribution in [1.82, 2.24) is 24.3 Å². The molecule has 0 aliphatic rings. The van der Waals surface area contributed by atoms with Crippen molar-refractivity contribution >= 4 is 38.0 Å². The first-order valence-corrected chi connectivity index (χ1v) is 19.7. The van der Waals surface area contributed by atoms with Crippen molar-refractivity contribution in [3.63, 3.8) is 0 Å². The molecule has 0 amide bonds. The van der Waals surface area contributed by atoms with Crippen LogP contribution in [0, 0.1) is 20.8 Å². The molecule has 11 nitrogen and oxygen atoms in total. The first-order chi connectivity index (χ1) is 26.1. The molecule has 4 aromatic carbocycles. The van der Waals surface area contributed by atoms with Crippen LogP contribution in [-0.4, -0.2) is 53.1 Å². The quantitative estimate of drug-likeness (QED) is 0.102. The van der Waals surface area contributed by atoms with E-state index >= 15 is 0 Å². The van der Waals surface area contributed by atoms with Crippen LogP contribution in [0.15, 0.2) is 88.3 Å². The lowest BCUT2D eigenvalue weighted by molar-refractivity contribution is 0.134. The highest BCUT2D eigenvalue weighted by Crippen LogP contribution is 2.37. The van der Waals surface area contributed by atoms with Gasteiger partial charge in [-0.15, -0.1) is 0 Å². The number of para-hydroxylation sites is 2. The van der Waals surface area contributed by atoms with Gasteiger partial charge in [0.05, 0.1) is 39.3 Å². The Morgan fingerprint density at radius 3 is 2.39 bits per heavy atom. The first-order valence-electron chi connectivity index (χ1n) is 18.2. The Morgan fingerprint density at radius 2 is 1.67 bits per heavy atom. The van der Waals surface area contributed by atoms with Crippen molar-refractivity contribution in [1.29, 1.82) is 0 Å². The number of ether oxygens (including phenoxy) is 2. The van der Waals surface area contributed by atoms with Gasteiger partial charge in [-0.25, -0.2) is 22.7 Å². The van der Waals surface area contributed by atoms with E-state index in [-0.39, 0.29) is 17.5 Å². The standard InChI is InChI=1S/C42H46N6O5S/c1-8-14-39-44-40-27(3)21-31(41-43-35-16-11-12-17-36(35)46(41)6)23-37(40)47(39)24-30-19-20-33(32(22-30)25-52-9-2)34-15-10-13-18-38(34)54(49,50)48(26-51-7)42-28(4)29(5)45-53-42/h10-13,15-23H,8-9,14,24-26H2,1-7H3. The molecule has 0 unspecified atom stereocenters. The summed E-state index contributed by atoms with van der Waals surface area (Å²) in [5.74, 6) is 2.04. The molecule has 0 aliphatic heterocycles. The zero-order chi connectivity index (χ0) is 38.1. The van der Waals surface area contributed by atoms with Crippen molar-refractivity contribution in [3.05, 3.63) is 113 Å². The molecule has 54 heavy (non-hydrogen) atoms. The predicted octanol–water partition coefficient (Wildman–Crippen LogP) is 8.51. The van der Waals surface area contributed by atoms with E-state index in [1.165, 1.54) is 7.11 Å². The second-order valence-corrected chi connectivity index (χ2v) is 15.4. The van der Waals surface area contributed by atoms with Gasteiger partial charge in [-0.1, -0.05) is 60.6 Å². The largest absolute Gasteiger partial charge is 0.377 e. The van der Waals surface area contributed by atoms with Gasteiger partial charge in [0.25, 0.3) is 10.0 Å². The van der Waals surface area contributed by atoms with E-state index in [9.17, 15) is 8.42 Å². The summed E-state index contributed by atoms with van der Waals surface area (Å²) in [5.41, 5.74) is 10.6. The summed E-state index contributed by atoms with van der Waals surface area (Å²) in [5, 5.41) is 4.01. The molecule has 0 atom stereocenters. The van der Waals surface area contributed by atoms with E-state index in [4.69, 9.17) is 24.0 Å². The number of hydrogen-bond donors (Lipinski definition) is 0. The molecule has 0 saturated heterocycles. The Bertz CT molecular complexity index is 2590. The normalized spacial score (nSPS) is 12.0. The van der Waals surface area contributed by atoms with Gasteiger partial charge >= 0.3 is 0 Å². The summed E-state index contributed by atoms with van der Waals surface area (Å²) in [4.78, 5) is 10.3. The molecule has 0 saturated carbocycles. The fourth-order valence-corrected chi connectivity index (χ4v) is 8.69. The first kappa shape index (κ1) is 37.0. The van der Waals surface area contributed by atoms with Gasteiger partial charge in [0.1, 0.15) is 18.4 Å². The fourth-order valence-electron chi connectivity index (χ4n) is 7.11. The number of rotatable bonds is 14. The predicted molar refractivity (Wildman–Crippen MR) is 212 cm³/mol. The molecule has 7 rings (SSSR count). The summed E-state index contributed by atoms with van der Waals surface area (Å²) in [6.07, 6.45) is 1.78. The summed E-state index contributed by atoms with van der Waals surface area (Å²) < 4.78 is 51.3. The molecular formula is C42H46N6O5S. The average Bonchev–Trinajstić information content (AvgIpc) is 3.81.